The van der Waals surface area contributed by atoms with Crippen LogP contribution >= 0.6 is 0 Å². The van der Waals surface area contributed by atoms with E-state index in [1.54, 1.807) is 6.08 Å². The third-order valence-electron chi connectivity index (χ3n) is 3.97. The molecule has 0 rings (SSSR count). The van der Waals surface area contributed by atoms with Gasteiger partial charge >= 0.3 is 29.6 Å². The van der Waals surface area contributed by atoms with Crippen LogP contribution in [0.2, 0.25) is 0 Å². The smallest absolute Gasteiger partial charge is 0.548 e. The molecular weight excluding hydrogens is 343 g/mol. The van der Waals surface area contributed by atoms with Crippen LogP contribution in [0.1, 0.15) is 71.1 Å². The maximum Gasteiger partial charge on any atom is 1.00 e. The molecular formula is C20H37NaO5. The minimum atomic E-state index is -1.21. The molecule has 0 aromatic rings. The normalized spacial score (nSPS) is 11.7. The van der Waals surface area contributed by atoms with Crippen LogP contribution in [0.4, 0.5) is 0 Å². The van der Waals surface area contributed by atoms with Gasteiger partial charge in [0.1, 0.15) is 0 Å². The van der Waals surface area contributed by atoms with Crippen molar-refractivity contribution in [2.45, 2.75) is 77.2 Å². The van der Waals surface area contributed by atoms with E-state index in [2.05, 4.69) is 13.5 Å². The van der Waals surface area contributed by atoms with Gasteiger partial charge < -0.3 is 24.1 Å². The van der Waals surface area contributed by atoms with E-state index < -0.39 is 5.97 Å². The number of carbonyl (C=O) groups is 1. The van der Waals surface area contributed by atoms with Gasteiger partial charge in [0.25, 0.3) is 0 Å². The Balaban J connectivity index is 0. The summed E-state index contributed by atoms with van der Waals surface area (Å²) >= 11 is 0. The first-order valence-electron chi connectivity index (χ1n) is 9.78. The van der Waals surface area contributed by atoms with Crippen molar-refractivity contribution in [1.82, 2.24) is 0 Å². The molecule has 1 atom stereocenters. The quantitative estimate of drug-likeness (QED) is 0.172. The van der Waals surface area contributed by atoms with Gasteiger partial charge in [0.2, 0.25) is 0 Å². The second-order valence-electron chi connectivity index (χ2n) is 6.36. The SMILES string of the molecule is C=CCOCC(CCCCCCCCCCC)OCCOCC(=O)[O-].[Na+]. The Kier molecular flexibility index (Phi) is 25.2. The Morgan fingerprint density at radius 3 is 2.19 bits per heavy atom. The van der Waals surface area contributed by atoms with Crippen molar-refractivity contribution in [3.8, 4) is 0 Å². The molecule has 0 N–H and O–H groups in total. The Morgan fingerprint density at radius 1 is 1.00 bits per heavy atom. The van der Waals surface area contributed by atoms with Crippen LogP contribution in [0.5, 0.6) is 0 Å². The number of carboxylic acids is 1. The van der Waals surface area contributed by atoms with Crippen LogP contribution in [0.25, 0.3) is 0 Å². The van der Waals surface area contributed by atoms with Crippen molar-refractivity contribution < 1.29 is 53.7 Å². The minimum Gasteiger partial charge on any atom is -0.548 e. The molecule has 0 aliphatic rings. The van der Waals surface area contributed by atoms with Crippen LogP contribution in [0.15, 0.2) is 12.7 Å². The third kappa shape index (κ3) is 22.1. The van der Waals surface area contributed by atoms with Gasteiger partial charge in [0.05, 0.1) is 45.1 Å². The predicted octanol–water partition coefficient (Wildman–Crippen LogP) is 0.266. The van der Waals surface area contributed by atoms with E-state index in [1.807, 2.05) is 0 Å². The third-order valence-corrected chi connectivity index (χ3v) is 3.97. The van der Waals surface area contributed by atoms with Gasteiger partial charge in [-0.25, -0.2) is 0 Å². The first kappa shape index (κ1) is 28.3. The first-order chi connectivity index (χ1) is 12.2. The van der Waals surface area contributed by atoms with E-state index in [-0.39, 0.29) is 48.9 Å². The van der Waals surface area contributed by atoms with E-state index in [0.29, 0.717) is 19.8 Å². The molecule has 0 spiro atoms. The second-order valence-corrected chi connectivity index (χ2v) is 6.36. The minimum absolute atomic E-state index is 0. The van der Waals surface area contributed by atoms with Crippen molar-refractivity contribution >= 4 is 5.97 Å². The van der Waals surface area contributed by atoms with Gasteiger partial charge in [0, 0.05) is 0 Å². The fourth-order valence-corrected chi connectivity index (χ4v) is 2.61. The van der Waals surface area contributed by atoms with Crippen LogP contribution < -0.4 is 34.7 Å². The molecule has 0 saturated heterocycles. The Bertz CT molecular complexity index is 313. The van der Waals surface area contributed by atoms with Crippen LogP contribution in [-0.4, -0.2) is 45.1 Å². The molecule has 0 aliphatic carbocycles. The van der Waals surface area contributed by atoms with E-state index >= 15 is 0 Å². The van der Waals surface area contributed by atoms with Crippen molar-refractivity contribution in [3.05, 3.63) is 12.7 Å². The molecule has 0 radical (unpaired) electrons. The summed E-state index contributed by atoms with van der Waals surface area (Å²) in [5.41, 5.74) is 0. The maximum absolute atomic E-state index is 10.3. The molecule has 1 unspecified atom stereocenters. The van der Waals surface area contributed by atoms with Crippen molar-refractivity contribution in [2.75, 3.05) is 33.0 Å². The molecule has 0 aromatic heterocycles. The standard InChI is InChI=1S/C20H38O5.Na/c1-3-5-6-7-8-9-10-11-12-13-19(17-23-14-4-2)25-16-15-24-18-20(21)22;/h4,19H,2-3,5-18H2,1H3,(H,21,22);/q;+1/p-1. The Labute approximate surface area is 182 Å². The van der Waals surface area contributed by atoms with Gasteiger partial charge in [0.15, 0.2) is 0 Å². The predicted molar refractivity (Wildman–Crippen MR) is 98.4 cm³/mol. The summed E-state index contributed by atoms with van der Waals surface area (Å²) in [6.45, 7) is 7.15. The van der Waals surface area contributed by atoms with Crippen molar-refractivity contribution in [3.63, 3.8) is 0 Å². The summed E-state index contributed by atoms with van der Waals surface area (Å²) in [6, 6.07) is 0. The summed E-state index contributed by atoms with van der Waals surface area (Å²) < 4.78 is 16.2. The summed E-state index contributed by atoms with van der Waals surface area (Å²) in [5, 5.41) is 10.3. The number of rotatable bonds is 20. The van der Waals surface area contributed by atoms with Gasteiger partial charge in [-0.05, 0) is 6.42 Å². The van der Waals surface area contributed by atoms with Gasteiger partial charge in [-0.2, -0.15) is 0 Å². The monoisotopic (exact) mass is 380 g/mol. The van der Waals surface area contributed by atoms with Gasteiger partial charge in [-0.15, -0.1) is 6.58 Å². The molecule has 26 heavy (non-hydrogen) atoms. The summed E-state index contributed by atoms with van der Waals surface area (Å²) in [6.07, 6.45) is 14.4. The van der Waals surface area contributed by atoms with E-state index in [9.17, 15) is 9.90 Å². The summed E-state index contributed by atoms with van der Waals surface area (Å²) in [4.78, 5) is 10.3. The Hall–Kier alpha value is 0.0900. The zero-order chi connectivity index (χ0) is 18.6. The fourth-order valence-electron chi connectivity index (χ4n) is 2.61. The van der Waals surface area contributed by atoms with E-state index in [1.165, 1.54) is 51.4 Å². The molecule has 148 valence electrons. The number of carboxylic acid groups (broad SMARTS) is 1. The van der Waals surface area contributed by atoms with Crippen LogP contribution in [0, 0.1) is 0 Å². The molecule has 5 nitrogen and oxygen atoms in total. The largest absolute Gasteiger partial charge is 1.00 e. The number of aliphatic carboxylic acids is 1. The molecule has 0 fully saturated rings. The maximum atomic E-state index is 10.3. The summed E-state index contributed by atoms with van der Waals surface area (Å²) in [7, 11) is 0. The fraction of sp³-hybridized carbons (Fsp3) is 0.850. The molecule has 0 bridgehead atoms. The first-order valence-corrected chi connectivity index (χ1v) is 9.78. The number of carbonyl (C=O) groups excluding carboxylic acids is 1. The van der Waals surface area contributed by atoms with Crippen molar-refractivity contribution in [1.29, 1.82) is 0 Å². The molecule has 0 amide bonds. The summed E-state index contributed by atoms with van der Waals surface area (Å²) in [5.74, 6) is -1.21. The van der Waals surface area contributed by atoms with Crippen LogP contribution in [0.3, 0.4) is 0 Å². The van der Waals surface area contributed by atoms with E-state index in [4.69, 9.17) is 14.2 Å². The van der Waals surface area contributed by atoms with Gasteiger partial charge in [-0.3, -0.25) is 0 Å². The average Bonchev–Trinajstić information content (AvgIpc) is 2.59. The number of hydrogen-bond acceptors (Lipinski definition) is 5. The zero-order valence-corrected chi connectivity index (χ0v) is 19.0. The average molecular weight is 381 g/mol. The number of ether oxygens (including phenoxy) is 3. The van der Waals surface area contributed by atoms with Crippen LogP contribution in [-0.2, 0) is 19.0 Å². The second kappa shape index (κ2) is 23.1. The molecule has 0 aliphatic heterocycles. The van der Waals surface area contributed by atoms with E-state index in [0.717, 1.165) is 12.8 Å². The molecule has 0 saturated carbocycles. The number of unbranched alkanes of at least 4 members (excludes halogenated alkanes) is 8. The zero-order valence-electron chi connectivity index (χ0n) is 17.0. The van der Waals surface area contributed by atoms with Crippen molar-refractivity contribution in [2.24, 2.45) is 0 Å². The number of hydrogen-bond donors (Lipinski definition) is 0. The molecule has 6 heteroatoms. The Morgan fingerprint density at radius 2 is 1.62 bits per heavy atom. The van der Waals surface area contributed by atoms with Gasteiger partial charge in [-0.1, -0.05) is 70.8 Å². The topological polar surface area (TPSA) is 67.8 Å². The molecule has 0 aromatic carbocycles. The molecule has 0 heterocycles.